The number of esters is 1. The lowest BCUT2D eigenvalue weighted by atomic mass is 9.73. The number of carbonyl (C=O) groups excluding carboxylic acids is 4. The topological polar surface area (TPSA) is 90.0 Å². The summed E-state index contributed by atoms with van der Waals surface area (Å²) < 4.78 is 10.6. The van der Waals surface area contributed by atoms with Gasteiger partial charge in [-0.15, -0.1) is 0 Å². The third-order valence-corrected chi connectivity index (χ3v) is 8.61. The molecule has 6 rings (SSSR count). The molecule has 0 radical (unpaired) electrons. The molecule has 2 aliphatic carbocycles. The van der Waals surface area contributed by atoms with E-state index in [1.165, 1.54) is 30.6 Å². The zero-order valence-corrected chi connectivity index (χ0v) is 21.8. The van der Waals surface area contributed by atoms with Gasteiger partial charge >= 0.3 is 5.97 Å². The van der Waals surface area contributed by atoms with Crippen LogP contribution in [0.15, 0.2) is 78.9 Å². The van der Waals surface area contributed by atoms with Gasteiger partial charge in [0.25, 0.3) is 0 Å². The van der Waals surface area contributed by atoms with Crippen LogP contribution in [0.25, 0.3) is 0 Å². The fourth-order valence-corrected chi connectivity index (χ4v) is 6.84. The van der Waals surface area contributed by atoms with Gasteiger partial charge < -0.3 is 9.47 Å². The minimum absolute atomic E-state index is 0.141. The van der Waals surface area contributed by atoms with Gasteiger partial charge in [0.05, 0.1) is 30.2 Å². The van der Waals surface area contributed by atoms with Gasteiger partial charge in [-0.3, -0.25) is 19.3 Å². The summed E-state index contributed by atoms with van der Waals surface area (Å²) in [5.41, 5.74) is 2.15. The zero-order chi connectivity index (χ0) is 27.3. The molecule has 2 amide bonds. The summed E-state index contributed by atoms with van der Waals surface area (Å²) in [7, 11) is 1.54. The smallest absolute Gasteiger partial charge is 0.338 e. The van der Waals surface area contributed by atoms with Crippen LogP contribution in [0.2, 0.25) is 0 Å². The van der Waals surface area contributed by atoms with E-state index in [0.29, 0.717) is 17.0 Å². The summed E-state index contributed by atoms with van der Waals surface area (Å²) in [6, 6.07) is 23.1. The molecule has 3 fully saturated rings. The number of rotatable bonds is 7. The van der Waals surface area contributed by atoms with E-state index >= 15 is 0 Å². The van der Waals surface area contributed by atoms with Gasteiger partial charge in [-0.2, -0.15) is 0 Å². The molecule has 3 aliphatic rings. The summed E-state index contributed by atoms with van der Waals surface area (Å²) in [5.74, 6) is -0.833. The molecule has 0 N–H and O–H groups in total. The number of methoxy groups -OCH3 is 1. The largest absolute Gasteiger partial charge is 0.497 e. The van der Waals surface area contributed by atoms with Crippen LogP contribution < -0.4 is 9.64 Å². The Morgan fingerprint density at radius 3 is 2.28 bits per heavy atom. The second-order valence-electron chi connectivity index (χ2n) is 10.7. The highest BCUT2D eigenvalue weighted by molar-refractivity contribution is 6.23. The van der Waals surface area contributed by atoms with Crippen molar-refractivity contribution >= 4 is 29.3 Å². The van der Waals surface area contributed by atoms with Crippen molar-refractivity contribution in [2.75, 3.05) is 12.0 Å². The van der Waals surface area contributed by atoms with Crippen molar-refractivity contribution < 1.29 is 28.7 Å². The second kappa shape index (κ2) is 9.80. The number of benzene rings is 3. The number of amides is 2. The molecule has 2 bridgehead atoms. The maximum absolute atomic E-state index is 13.7. The van der Waals surface area contributed by atoms with Crippen molar-refractivity contribution in [1.82, 2.24) is 0 Å². The number of fused-ring (bicyclic) bond motifs is 5. The number of anilines is 1. The fourth-order valence-electron chi connectivity index (χ4n) is 6.84. The highest BCUT2D eigenvalue weighted by Gasteiger charge is 2.64. The molecule has 39 heavy (non-hydrogen) atoms. The number of Topliss-reactive ketones (excluding diaryl/α,β-unsaturated/α-hetero) is 1. The van der Waals surface area contributed by atoms with Crippen molar-refractivity contribution in [3.63, 3.8) is 0 Å². The molecule has 7 nitrogen and oxygen atoms in total. The van der Waals surface area contributed by atoms with Crippen molar-refractivity contribution in [1.29, 1.82) is 0 Å². The summed E-state index contributed by atoms with van der Waals surface area (Å²) in [5, 5.41) is 0. The lowest BCUT2D eigenvalue weighted by molar-refractivity contribution is -0.123. The van der Waals surface area contributed by atoms with E-state index in [4.69, 9.17) is 9.47 Å². The molecule has 0 aromatic heterocycles. The van der Waals surface area contributed by atoms with Crippen molar-refractivity contribution in [3.8, 4) is 5.75 Å². The second-order valence-corrected chi connectivity index (χ2v) is 10.7. The maximum atomic E-state index is 13.7. The number of imide groups is 1. The molecule has 6 atom stereocenters. The summed E-state index contributed by atoms with van der Waals surface area (Å²) in [4.78, 5) is 54.1. The molecule has 0 unspecified atom stereocenters. The lowest BCUT2D eigenvalue weighted by Crippen LogP contribution is -2.33. The van der Waals surface area contributed by atoms with Crippen molar-refractivity contribution in [2.45, 2.75) is 31.8 Å². The molecule has 0 spiro atoms. The average molecular weight is 524 g/mol. The summed E-state index contributed by atoms with van der Waals surface area (Å²) >= 11 is 0. The normalized spacial score (nSPS) is 25.9. The van der Waals surface area contributed by atoms with Gasteiger partial charge in [0, 0.05) is 5.56 Å². The van der Waals surface area contributed by atoms with Gasteiger partial charge in [0.1, 0.15) is 5.75 Å². The molecule has 1 heterocycles. The quantitative estimate of drug-likeness (QED) is 0.245. The highest BCUT2D eigenvalue weighted by atomic mass is 16.5. The molecule has 1 aliphatic heterocycles. The summed E-state index contributed by atoms with van der Waals surface area (Å²) in [6.45, 7) is 1.52. The Morgan fingerprint density at radius 1 is 0.846 bits per heavy atom. The minimum Gasteiger partial charge on any atom is -0.497 e. The third-order valence-electron chi connectivity index (χ3n) is 8.61. The number of ether oxygens (including phenoxy) is 2. The molecule has 3 aromatic carbocycles. The first-order chi connectivity index (χ1) is 18.9. The first kappa shape index (κ1) is 25.0. The highest BCUT2D eigenvalue weighted by Crippen LogP contribution is 2.61. The Kier molecular flexibility index (Phi) is 6.29. The SMILES string of the molecule is COc1ccc(C(=O)[C@H](C)OC(=O)c2cccc(N3C(=O)[C@@H]4[C@@H]5C[C@@H]([C@H]4C3=O)[C@H](c3ccccc3)C5)c2)cc1. The monoisotopic (exact) mass is 523 g/mol. The third kappa shape index (κ3) is 4.22. The summed E-state index contributed by atoms with van der Waals surface area (Å²) in [6.07, 6.45) is 0.788. The molecule has 3 aromatic rings. The van der Waals surface area contributed by atoms with Crippen LogP contribution in [0.3, 0.4) is 0 Å². The van der Waals surface area contributed by atoms with E-state index in [-0.39, 0.29) is 52.8 Å². The van der Waals surface area contributed by atoms with Gasteiger partial charge in [0.2, 0.25) is 17.6 Å². The predicted octanol–water partition coefficient (Wildman–Crippen LogP) is 5.05. The van der Waals surface area contributed by atoms with Crippen LogP contribution in [0.5, 0.6) is 5.75 Å². The Balaban J connectivity index is 1.18. The van der Waals surface area contributed by atoms with Crippen LogP contribution in [-0.4, -0.2) is 36.8 Å². The van der Waals surface area contributed by atoms with Crippen LogP contribution in [0.4, 0.5) is 5.69 Å². The number of carbonyl (C=O) groups is 4. The molecule has 7 heteroatoms. The standard InChI is InChI=1S/C32H29NO6/c1-18(29(34)20-11-13-24(38-2)14-12-20)39-32(37)21-9-6-10-23(15-21)33-30(35)27-22-16-25(19-7-4-3-5-8-19)26(17-22)28(27)31(33)36/h3-15,18,22,25-28H,16-17H2,1-2H3/t18-,22-,25-,26+,27+,28+/m0/s1. The Bertz CT molecular complexity index is 1450. The molecule has 2 saturated carbocycles. The van der Waals surface area contributed by atoms with E-state index in [1.807, 2.05) is 18.2 Å². The Hall–Kier alpha value is -4.26. The fraction of sp³-hybridized carbons (Fsp3) is 0.312. The lowest BCUT2D eigenvalue weighted by Gasteiger charge is -2.28. The van der Waals surface area contributed by atoms with Crippen LogP contribution in [-0.2, 0) is 14.3 Å². The number of ketones is 1. The molecule has 1 saturated heterocycles. The first-order valence-corrected chi connectivity index (χ1v) is 13.3. The van der Waals surface area contributed by atoms with Crippen LogP contribution in [0.1, 0.15) is 52.0 Å². The van der Waals surface area contributed by atoms with Gasteiger partial charge in [0.15, 0.2) is 6.10 Å². The van der Waals surface area contributed by atoms with Crippen LogP contribution >= 0.6 is 0 Å². The zero-order valence-electron chi connectivity index (χ0n) is 21.8. The Morgan fingerprint density at radius 2 is 1.56 bits per heavy atom. The number of hydrogen-bond acceptors (Lipinski definition) is 6. The van der Waals surface area contributed by atoms with E-state index < -0.39 is 12.1 Å². The van der Waals surface area contributed by atoms with E-state index in [1.54, 1.807) is 42.5 Å². The van der Waals surface area contributed by atoms with E-state index in [0.717, 1.165) is 12.8 Å². The van der Waals surface area contributed by atoms with E-state index in [2.05, 4.69) is 12.1 Å². The molecule has 198 valence electrons. The van der Waals surface area contributed by atoms with Gasteiger partial charge in [-0.1, -0.05) is 36.4 Å². The van der Waals surface area contributed by atoms with Gasteiger partial charge in [-0.25, -0.2) is 4.79 Å². The predicted molar refractivity (Wildman–Crippen MR) is 144 cm³/mol. The molecular formula is C32H29NO6. The van der Waals surface area contributed by atoms with Crippen molar-refractivity contribution in [2.24, 2.45) is 23.7 Å². The Labute approximate surface area is 226 Å². The molecular weight excluding hydrogens is 494 g/mol. The average Bonchev–Trinajstić information content (AvgIpc) is 3.64. The van der Waals surface area contributed by atoms with Crippen molar-refractivity contribution in [3.05, 3.63) is 95.6 Å². The number of nitrogens with zero attached hydrogens (tertiary/aromatic N) is 1. The minimum atomic E-state index is -1.02. The first-order valence-electron chi connectivity index (χ1n) is 13.3. The number of hydrogen-bond donors (Lipinski definition) is 0. The maximum Gasteiger partial charge on any atom is 0.338 e. The van der Waals surface area contributed by atoms with Gasteiger partial charge in [-0.05, 0) is 85.5 Å². The van der Waals surface area contributed by atoms with Crippen LogP contribution in [0, 0.1) is 23.7 Å². The van der Waals surface area contributed by atoms with E-state index in [9.17, 15) is 19.2 Å².